The van der Waals surface area contributed by atoms with Crippen LogP contribution >= 0.6 is 27.3 Å². The largest absolute Gasteiger partial charge is 0.474 e. The van der Waals surface area contributed by atoms with Crippen LogP contribution in [0.4, 0.5) is 4.79 Å². The second kappa shape index (κ2) is 7.68. The van der Waals surface area contributed by atoms with Crippen LogP contribution in [-0.4, -0.2) is 45.8 Å². The van der Waals surface area contributed by atoms with Crippen molar-refractivity contribution in [2.45, 2.75) is 64.2 Å². The van der Waals surface area contributed by atoms with Crippen molar-refractivity contribution in [3.05, 3.63) is 16.2 Å². The van der Waals surface area contributed by atoms with Gasteiger partial charge in [0.15, 0.2) is 0 Å². The molecule has 1 saturated carbocycles. The number of fused-ring (bicyclic) bond motifs is 1. The molecule has 0 saturated heterocycles. The van der Waals surface area contributed by atoms with E-state index in [4.69, 9.17) is 9.47 Å². The smallest absolute Gasteiger partial charge is 0.410 e. The lowest BCUT2D eigenvalue weighted by Gasteiger charge is -2.35. The molecule has 142 valence electrons. The van der Waals surface area contributed by atoms with Gasteiger partial charge in [-0.25, -0.2) is 14.8 Å². The summed E-state index contributed by atoms with van der Waals surface area (Å²) in [6, 6.07) is 0.183. The molecule has 0 unspecified atom stereocenters. The first-order valence-corrected chi connectivity index (χ1v) is 10.4. The van der Waals surface area contributed by atoms with Gasteiger partial charge in [-0.3, -0.25) is 0 Å². The number of hydrogen-bond acceptors (Lipinski definition) is 6. The van der Waals surface area contributed by atoms with Crippen LogP contribution in [0, 0.1) is 0 Å². The van der Waals surface area contributed by atoms with Crippen molar-refractivity contribution in [1.82, 2.24) is 14.9 Å². The Bertz CT molecular complexity index is 782. The van der Waals surface area contributed by atoms with Crippen LogP contribution in [-0.2, 0) is 4.74 Å². The Morgan fingerprint density at radius 2 is 1.96 bits per heavy atom. The lowest BCUT2D eigenvalue weighted by Crippen LogP contribution is -2.43. The Kier molecular flexibility index (Phi) is 5.72. The molecule has 1 amide bonds. The van der Waals surface area contributed by atoms with Crippen molar-refractivity contribution in [2.75, 3.05) is 7.05 Å². The molecule has 1 aliphatic carbocycles. The van der Waals surface area contributed by atoms with Crippen LogP contribution in [0.1, 0.15) is 46.5 Å². The maximum atomic E-state index is 12.2. The minimum atomic E-state index is -0.474. The van der Waals surface area contributed by atoms with Gasteiger partial charge < -0.3 is 14.4 Å². The minimum Gasteiger partial charge on any atom is -0.474 e. The molecule has 26 heavy (non-hydrogen) atoms. The summed E-state index contributed by atoms with van der Waals surface area (Å²) in [5, 5.41) is 2.93. The molecule has 3 rings (SSSR count). The van der Waals surface area contributed by atoms with Crippen molar-refractivity contribution in [1.29, 1.82) is 0 Å². The van der Waals surface area contributed by atoms with Gasteiger partial charge in [0.2, 0.25) is 5.88 Å². The fraction of sp³-hybridized carbons (Fsp3) is 0.611. The van der Waals surface area contributed by atoms with E-state index in [-0.39, 0.29) is 18.2 Å². The summed E-state index contributed by atoms with van der Waals surface area (Å²) in [6.07, 6.45) is 4.92. The van der Waals surface area contributed by atoms with Gasteiger partial charge in [-0.1, -0.05) is 0 Å². The van der Waals surface area contributed by atoms with E-state index in [1.807, 2.05) is 33.2 Å². The van der Waals surface area contributed by atoms with Crippen LogP contribution in [0.25, 0.3) is 10.2 Å². The topological polar surface area (TPSA) is 64.6 Å². The quantitative estimate of drug-likeness (QED) is 0.669. The average Bonchev–Trinajstić information content (AvgIpc) is 2.96. The van der Waals surface area contributed by atoms with Crippen molar-refractivity contribution >= 4 is 43.6 Å². The van der Waals surface area contributed by atoms with Crippen LogP contribution in [0.3, 0.4) is 0 Å². The molecule has 0 radical (unpaired) electrons. The van der Waals surface area contributed by atoms with Crippen molar-refractivity contribution in [3.8, 4) is 5.88 Å². The van der Waals surface area contributed by atoms with Gasteiger partial charge in [-0.05, 0) is 62.4 Å². The predicted octanol–water partition coefficient (Wildman–Crippen LogP) is 5.01. The zero-order valence-corrected chi connectivity index (χ0v) is 17.9. The second-order valence-electron chi connectivity index (χ2n) is 7.58. The SMILES string of the molecule is CN(C(=O)OC(C)(C)C)C1CCC(Oc2ncnc3scc(Br)c23)CC1. The number of nitrogens with zero attached hydrogens (tertiary/aromatic N) is 3. The Hall–Kier alpha value is -1.41. The van der Waals surface area contributed by atoms with Gasteiger partial charge in [-0.2, -0.15) is 0 Å². The summed E-state index contributed by atoms with van der Waals surface area (Å²) in [7, 11) is 1.82. The second-order valence-corrected chi connectivity index (χ2v) is 9.29. The van der Waals surface area contributed by atoms with Crippen LogP contribution in [0.15, 0.2) is 16.2 Å². The highest BCUT2D eigenvalue weighted by Gasteiger charge is 2.30. The van der Waals surface area contributed by atoms with Gasteiger partial charge in [0.25, 0.3) is 0 Å². The number of thiophene rings is 1. The molecule has 6 nitrogen and oxygen atoms in total. The highest BCUT2D eigenvalue weighted by molar-refractivity contribution is 9.10. The molecule has 0 bridgehead atoms. The van der Waals surface area contributed by atoms with Crippen LogP contribution < -0.4 is 4.74 Å². The van der Waals surface area contributed by atoms with E-state index < -0.39 is 5.60 Å². The van der Waals surface area contributed by atoms with E-state index in [2.05, 4.69) is 25.9 Å². The molecule has 0 spiro atoms. The normalized spacial score (nSPS) is 20.8. The standard InChI is InChI=1S/C18H24BrN3O3S/c1-18(2,3)25-17(23)22(4)11-5-7-12(8-6-11)24-15-14-13(19)9-26-16(14)21-10-20-15/h9-12H,5-8H2,1-4H3. The first kappa shape index (κ1) is 19.4. The van der Waals surface area contributed by atoms with E-state index in [9.17, 15) is 4.79 Å². The molecule has 0 N–H and O–H groups in total. The lowest BCUT2D eigenvalue weighted by molar-refractivity contribution is 0.0138. The molecular formula is C18H24BrN3O3S. The number of carbonyl (C=O) groups excluding carboxylic acids is 1. The third-order valence-corrected chi connectivity index (χ3v) is 6.26. The highest BCUT2D eigenvalue weighted by Crippen LogP contribution is 2.36. The fourth-order valence-electron chi connectivity index (χ4n) is 3.10. The number of carbonyl (C=O) groups is 1. The molecule has 0 atom stereocenters. The monoisotopic (exact) mass is 441 g/mol. The van der Waals surface area contributed by atoms with Crippen molar-refractivity contribution in [3.63, 3.8) is 0 Å². The third-order valence-electron chi connectivity index (χ3n) is 4.44. The number of hydrogen-bond donors (Lipinski definition) is 0. The minimum absolute atomic E-state index is 0.100. The molecular weight excluding hydrogens is 418 g/mol. The molecule has 2 aromatic heterocycles. The summed E-state index contributed by atoms with van der Waals surface area (Å²) in [5.41, 5.74) is -0.474. The summed E-state index contributed by atoms with van der Waals surface area (Å²) >= 11 is 5.11. The molecule has 0 aromatic carbocycles. The number of amides is 1. The lowest BCUT2D eigenvalue weighted by atomic mass is 9.92. The molecule has 1 aliphatic rings. The number of rotatable bonds is 3. The van der Waals surface area contributed by atoms with Crippen molar-refractivity contribution in [2.24, 2.45) is 0 Å². The average molecular weight is 442 g/mol. The maximum Gasteiger partial charge on any atom is 0.410 e. The molecule has 0 aliphatic heterocycles. The summed E-state index contributed by atoms with van der Waals surface area (Å²) in [4.78, 5) is 23.5. The predicted molar refractivity (Wildman–Crippen MR) is 106 cm³/mol. The van der Waals surface area contributed by atoms with Gasteiger partial charge in [0.05, 0.1) is 5.39 Å². The van der Waals surface area contributed by atoms with E-state index in [1.54, 1.807) is 22.6 Å². The number of halogens is 1. The van der Waals surface area contributed by atoms with Crippen molar-refractivity contribution < 1.29 is 14.3 Å². The molecule has 2 heterocycles. The zero-order valence-electron chi connectivity index (χ0n) is 15.5. The van der Waals surface area contributed by atoms with Gasteiger partial charge >= 0.3 is 6.09 Å². The first-order chi connectivity index (χ1) is 12.2. The summed E-state index contributed by atoms with van der Waals surface area (Å²) in [6.45, 7) is 5.65. The van der Waals surface area contributed by atoms with E-state index in [0.29, 0.717) is 5.88 Å². The Balaban J connectivity index is 1.58. The summed E-state index contributed by atoms with van der Waals surface area (Å²) < 4.78 is 12.6. The molecule has 2 aromatic rings. The number of ether oxygens (including phenoxy) is 2. The van der Waals surface area contributed by atoms with E-state index in [1.165, 1.54) is 0 Å². The fourth-order valence-corrected chi connectivity index (χ4v) is 4.62. The summed E-state index contributed by atoms with van der Waals surface area (Å²) in [5.74, 6) is 0.632. The zero-order chi connectivity index (χ0) is 18.9. The van der Waals surface area contributed by atoms with E-state index >= 15 is 0 Å². The number of aromatic nitrogens is 2. The van der Waals surface area contributed by atoms with Crippen LogP contribution in [0.5, 0.6) is 5.88 Å². The van der Waals surface area contributed by atoms with Crippen LogP contribution in [0.2, 0.25) is 0 Å². The molecule has 8 heteroatoms. The van der Waals surface area contributed by atoms with Gasteiger partial charge in [0, 0.05) is 22.9 Å². The Labute approximate surface area is 166 Å². The van der Waals surface area contributed by atoms with Gasteiger partial charge in [0.1, 0.15) is 22.9 Å². The Morgan fingerprint density at radius 3 is 2.62 bits per heavy atom. The first-order valence-electron chi connectivity index (χ1n) is 8.75. The third kappa shape index (κ3) is 4.46. The van der Waals surface area contributed by atoms with Gasteiger partial charge in [-0.15, -0.1) is 11.3 Å². The highest BCUT2D eigenvalue weighted by atomic mass is 79.9. The Morgan fingerprint density at radius 1 is 1.27 bits per heavy atom. The van der Waals surface area contributed by atoms with E-state index in [0.717, 1.165) is 40.4 Å². The molecule has 1 fully saturated rings. The maximum absolute atomic E-state index is 12.2.